The van der Waals surface area contributed by atoms with Crippen LogP contribution >= 0.6 is 11.3 Å². The summed E-state index contributed by atoms with van der Waals surface area (Å²) in [6.45, 7) is 4.05. The summed E-state index contributed by atoms with van der Waals surface area (Å²) < 4.78 is 0. The van der Waals surface area contributed by atoms with E-state index in [4.69, 9.17) is 5.73 Å². The van der Waals surface area contributed by atoms with Crippen LogP contribution in [0.2, 0.25) is 0 Å². The normalized spacial score (nSPS) is 28.4. The first kappa shape index (κ1) is 14.0. The molecule has 0 unspecified atom stereocenters. The molecule has 1 fully saturated rings. The van der Waals surface area contributed by atoms with Crippen LogP contribution in [0.5, 0.6) is 0 Å². The zero-order chi connectivity index (χ0) is 12.8. The molecule has 1 aliphatic rings. The molecule has 2 nitrogen and oxygen atoms in total. The lowest BCUT2D eigenvalue weighted by atomic mass is 9.75. The minimum absolute atomic E-state index is 0.203. The van der Waals surface area contributed by atoms with Crippen molar-refractivity contribution in [3.05, 3.63) is 22.4 Å². The molecule has 0 radical (unpaired) electrons. The van der Waals surface area contributed by atoms with Crippen molar-refractivity contribution in [3.8, 4) is 0 Å². The van der Waals surface area contributed by atoms with E-state index in [9.17, 15) is 0 Å². The van der Waals surface area contributed by atoms with Gasteiger partial charge in [-0.25, -0.2) is 0 Å². The molecule has 0 amide bonds. The molecular formula is C15H26N2S. The quantitative estimate of drug-likeness (QED) is 0.826. The number of hydrogen-bond acceptors (Lipinski definition) is 3. The van der Waals surface area contributed by atoms with Gasteiger partial charge in [-0.05, 0) is 43.0 Å². The lowest BCUT2D eigenvalue weighted by Gasteiger charge is -2.40. The first-order valence-electron chi connectivity index (χ1n) is 7.25. The van der Waals surface area contributed by atoms with Crippen LogP contribution in [0.1, 0.15) is 50.3 Å². The summed E-state index contributed by atoms with van der Waals surface area (Å²) in [4.78, 5) is 1.42. The molecule has 2 rings (SSSR count). The highest BCUT2D eigenvalue weighted by Gasteiger charge is 2.33. The Bertz CT molecular complexity index is 326. The molecule has 0 spiro atoms. The molecule has 18 heavy (non-hydrogen) atoms. The van der Waals surface area contributed by atoms with E-state index in [1.807, 2.05) is 11.3 Å². The van der Waals surface area contributed by atoms with Gasteiger partial charge >= 0.3 is 0 Å². The Morgan fingerprint density at radius 3 is 2.78 bits per heavy atom. The van der Waals surface area contributed by atoms with Gasteiger partial charge in [0.25, 0.3) is 0 Å². The van der Waals surface area contributed by atoms with Crippen molar-refractivity contribution in [2.75, 3.05) is 6.54 Å². The summed E-state index contributed by atoms with van der Waals surface area (Å²) in [5.74, 6) is 0.943. The Labute approximate surface area is 115 Å². The fourth-order valence-electron chi connectivity index (χ4n) is 3.07. The van der Waals surface area contributed by atoms with Gasteiger partial charge in [-0.15, -0.1) is 11.3 Å². The first-order valence-corrected chi connectivity index (χ1v) is 8.13. The topological polar surface area (TPSA) is 38.0 Å². The summed E-state index contributed by atoms with van der Waals surface area (Å²) in [6.07, 6.45) is 7.92. The van der Waals surface area contributed by atoms with Gasteiger partial charge < -0.3 is 11.1 Å². The van der Waals surface area contributed by atoms with Crippen molar-refractivity contribution in [2.45, 2.75) is 57.5 Å². The molecule has 0 aromatic carbocycles. The fourth-order valence-corrected chi connectivity index (χ4v) is 3.71. The maximum atomic E-state index is 6.04. The van der Waals surface area contributed by atoms with Crippen LogP contribution in [0.3, 0.4) is 0 Å². The van der Waals surface area contributed by atoms with Crippen LogP contribution in [0.4, 0.5) is 0 Å². The third-order valence-corrected chi connectivity index (χ3v) is 5.24. The zero-order valence-electron chi connectivity index (χ0n) is 11.5. The highest BCUT2D eigenvalue weighted by molar-refractivity contribution is 7.09. The van der Waals surface area contributed by atoms with Gasteiger partial charge in [0.15, 0.2) is 0 Å². The van der Waals surface area contributed by atoms with Gasteiger partial charge in [-0.2, -0.15) is 0 Å². The Morgan fingerprint density at radius 2 is 2.22 bits per heavy atom. The standard InChI is InChI=1S/C15H26N2S/c1-2-4-13-6-8-15(12-16,9-7-13)17-11-14-5-3-10-18-14/h3,5,10,13,17H,2,4,6-9,11-12,16H2,1H3. The van der Waals surface area contributed by atoms with Gasteiger partial charge in [0.1, 0.15) is 0 Å². The summed E-state index contributed by atoms with van der Waals surface area (Å²) in [7, 11) is 0. The Kier molecular flexibility index (Phi) is 5.22. The van der Waals surface area contributed by atoms with E-state index in [1.165, 1.54) is 43.4 Å². The third kappa shape index (κ3) is 3.56. The number of thiophene rings is 1. The molecule has 1 saturated carbocycles. The van der Waals surface area contributed by atoms with Crippen molar-refractivity contribution >= 4 is 11.3 Å². The van der Waals surface area contributed by atoms with Gasteiger partial charge in [0, 0.05) is 23.5 Å². The summed E-state index contributed by atoms with van der Waals surface area (Å²) in [6, 6.07) is 4.32. The van der Waals surface area contributed by atoms with Crippen molar-refractivity contribution < 1.29 is 0 Å². The molecule has 3 N–H and O–H groups in total. The predicted molar refractivity (Wildman–Crippen MR) is 79.8 cm³/mol. The van der Waals surface area contributed by atoms with Crippen LogP contribution in [-0.2, 0) is 6.54 Å². The Morgan fingerprint density at radius 1 is 1.44 bits per heavy atom. The molecule has 0 aliphatic heterocycles. The van der Waals surface area contributed by atoms with E-state index < -0.39 is 0 Å². The van der Waals surface area contributed by atoms with Crippen LogP contribution in [0.15, 0.2) is 17.5 Å². The van der Waals surface area contributed by atoms with Crippen LogP contribution in [0, 0.1) is 5.92 Å². The number of nitrogens with two attached hydrogens (primary N) is 1. The van der Waals surface area contributed by atoms with Crippen LogP contribution in [-0.4, -0.2) is 12.1 Å². The molecule has 0 bridgehead atoms. The monoisotopic (exact) mass is 266 g/mol. The van der Waals surface area contributed by atoms with Crippen molar-refractivity contribution in [1.29, 1.82) is 0 Å². The highest BCUT2D eigenvalue weighted by Crippen LogP contribution is 2.34. The van der Waals surface area contributed by atoms with Gasteiger partial charge in [-0.1, -0.05) is 25.8 Å². The number of rotatable bonds is 6. The highest BCUT2D eigenvalue weighted by atomic mass is 32.1. The van der Waals surface area contributed by atoms with E-state index in [2.05, 4.69) is 29.8 Å². The van der Waals surface area contributed by atoms with Gasteiger partial charge in [0.2, 0.25) is 0 Å². The SMILES string of the molecule is CCCC1CCC(CN)(NCc2cccs2)CC1. The van der Waals surface area contributed by atoms with E-state index in [0.717, 1.165) is 19.0 Å². The summed E-state index contributed by atoms with van der Waals surface area (Å²) >= 11 is 1.83. The minimum Gasteiger partial charge on any atom is -0.329 e. The zero-order valence-corrected chi connectivity index (χ0v) is 12.3. The molecular weight excluding hydrogens is 240 g/mol. The summed E-state index contributed by atoms with van der Waals surface area (Å²) in [5, 5.41) is 5.88. The molecule has 1 aromatic rings. The molecule has 1 aromatic heterocycles. The molecule has 0 atom stereocenters. The Balaban J connectivity index is 1.84. The van der Waals surface area contributed by atoms with Crippen molar-refractivity contribution in [3.63, 3.8) is 0 Å². The smallest absolute Gasteiger partial charge is 0.0307 e. The first-order chi connectivity index (χ1) is 8.78. The lowest BCUT2D eigenvalue weighted by molar-refractivity contribution is 0.186. The second kappa shape index (κ2) is 6.69. The second-order valence-corrected chi connectivity index (χ2v) is 6.68. The lowest BCUT2D eigenvalue weighted by Crippen LogP contribution is -2.52. The van der Waals surface area contributed by atoms with E-state index in [-0.39, 0.29) is 5.54 Å². The fraction of sp³-hybridized carbons (Fsp3) is 0.733. The van der Waals surface area contributed by atoms with Gasteiger partial charge in [0.05, 0.1) is 0 Å². The van der Waals surface area contributed by atoms with E-state index in [0.29, 0.717) is 0 Å². The molecule has 102 valence electrons. The maximum Gasteiger partial charge on any atom is 0.0307 e. The number of nitrogens with one attached hydrogen (secondary N) is 1. The van der Waals surface area contributed by atoms with Crippen LogP contribution < -0.4 is 11.1 Å². The van der Waals surface area contributed by atoms with Crippen LogP contribution in [0.25, 0.3) is 0 Å². The minimum atomic E-state index is 0.203. The average molecular weight is 266 g/mol. The second-order valence-electron chi connectivity index (χ2n) is 5.65. The van der Waals surface area contributed by atoms with E-state index >= 15 is 0 Å². The van der Waals surface area contributed by atoms with Gasteiger partial charge in [-0.3, -0.25) is 0 Å². The predicted octanol–water partition coefficient (Wildman–Crippen LogP) is 3.53. The molecule has 3 heteroatoms. The Hall–Kier alpha value is -0.380. The van der Waals surface area contributed by atoms with E-state index in [1.54, 1.807) is 0 Å². The average Bonchev–Trinajstić information content (AvgIpc) is 2.92. The largest absolute Gasteiger partial charge is 0.329 e. The summed E-state index contributed by atoms with van der Waals surface area (Å²) in [5.41, 5.74) is 6.24. The number of hydrogen-bond donors (Lipinski definition) is 2. The van der Waals surface area contributed by atoms with Crippen molar-refractivity contribution in [2.24, 2.45) is 11.7 Å². The molecule has 1 heterocycles. The molecule has 0 saturated heterocycles. The third-order valence-electron chi connectivity index (χ3n) is 4.37. The molecule has 1 aliphatic carbocycles. The maximum absolute atomic E-state index is 6.04. The van der Waals surface area contributed by atoms with Crippen molar-refractivity contribution in [1.82, 2.24) is 5.32 Å².